The zero-order valence-corrected chi connectivity index (χ0v) is 11.2. The highest BCUT2D eigenvalue weighted by Crippen LogP contribution is 2.33. The first-order valence-electron chi connectivity index (χ1n) is 4.85. The molecule has 0 bridgehead atoms. The molecule has 2 aromatic rings. The van der Waals surface area contributed by atoms with Crippen LogP contribution in [0.2, 0.25) is 5.02 Å². The smallest absolute Gasteiger partial charge is 0.151 e. The molecule has 0 heterocycles. The first kappa shape index (κ1) is 13.1. The van der Waals surface area contributed by atoms with Gasteiger partial charge >= 0.3 is 0 Å². The zero-order valence-electron chi connectivity index (χ0n) is 8.88. The predicted octanol–water partition coefficient (Wildman–Crippen LogP) is 4.76. The maximum absolute atomic E-state index is 13.2. The van der Waals surface area contributed by atoms with E-state index in [9.17, 15) is 8.78 Å². The lowest BCUT2D eigenvalue weighted by Crippen LogP contribution is -1.94. The number of nitrogens with two attached hydrogens (primary N) is 1. The molecule has 2 nitrogen and oxygen atoms in total. The summed E-state index contributed by atoms with van der Waals surface area (Å²) in [5.74, 6) is -0.466. The minimum absolute atomic E-state index is 0.0627. The van der Waals surface area contributed by atoms with Crippen molar-refractivity contribution in [3.8, 4) is 11.5 Å². The molecule has 0 spiro atoms. The SMILES string of the molecule is Nc1cc(F)c(Br)cc1Oc1ccc(F)c(Cl)c1. The fraction of sp³-hybridized carbons (Fsp3) is 0. The van der Waals surface area contributed by atoms with E-state index in [1.807, 2.05) is 0 Å². The molecule has 0 saturated carbocycles. The first-order chi connectivity index (χ1) is 8.47. The molecule has 0 fully saturated rings. The predicted molar refractivity (Wildman–Crippen MR) is 70.0 cm³/mol. The summed E-state index contributed by atoms with van der Waals surface area (Å²) < 4.78 is 31.8. The number of rotatable bonds is 2. The summed E-state index contributed by atoms with van der Waals surface area (Å²) in [5, 5.41) is -0.0627. The van der Waals surface area contributed by atoms with Gasteiger partial charge in [-0.3, -0.25) is 0 Å². The summed E-state index contributed by atoms with van der Waals surface area (Å²) >= 11 is 8.64. The summed E-state index contributed by atoms with van der Waals surface area (Å²) in [6.07, 6.45) is 0. The summed E-state index contributed by atoms with van der Waals surface area (Å²) in [7, 11) is 0. The van der Waals surface area contributed by atoms with E-state index < -0.39 is 11.6 Å². The number of anilines is 1. The Labute approximate surface area is 115 Å². The maximum Gasteiger partial charge on any atom is 0.151 e. The number of hydrogen-bond donors (Lipinski definition) is 1. The van der Waals surface area contributed by atoms with E-state index in [-0.39, 0.29) is 20.9 Å². The highest BCUT2D eigenvalue weighted by molar-refractivity contribution is 9.10. The van der Waals surface area contributed by atoms with Gasteiger partial charge < -0.3 is 10.5 Å². The fourth-order valence-corrected chi connectivity index (χ4v) is 1.79. The highest BCUT2D eigenvalue weighted by Gasteiger charge is 2.09. The number of nitrogen functional groups attached to an aromatic ring is 1. The lowest BCUT2D eigenvalue weighted by molar-refractivity contribution is 0.480. The van der Waals surface area contributed by atoms with Crippen molar-refractivity contribution in [2.45, 2.75) is 0 Å². The van der Waals surface area contributed by atoms with E-state index in [1.165, 1.54) is 24.3 Å². The largest absolute Gasteiger partial charge is 0.455 e. The van der Waals surface area contributed by atoms with Crippen LogP contribution in [0.5, 0.6) is 11.5 Å². The molecule has 0 aliphatic heterocycles. The topological polar surface area (TPSA) is 35.2 Å². The van der Waals surface area contributed by atoms with Gasteiger partial charge in [0.05, 0.1) is 15.2 Å². The third kappa shape index (κ3) is 2.73. The molecule has 6 heteroatoms. The molecule has 0 aliphatic rings. The Morgan fingerprint density at radius 2 is 1.83 bits per heavy atom. The minimum atomic E-state index is -0.544. The number of benzene rings is 2. The number of halogens is 4. The summed E-state index contributed by atoms with van der Waals surface area (Å²) in [4.78, 5) is 0. The fourth-order valence-electron chi connectivity index (χ4n) is 1.30. The van der Waals surface area contributed by atoms with Crippen molar-refractivity contribution >= 4 is 33.2 Å². The Morgan fingerprint density at radius 3 is 2.50 bits per heavy atom. The van der Waals surface area contributed by atoms with Gasteiger partial charge in [-0.05, 0) is 28.1 Å². The van der Waals surface area contributed by atoms with Crippen LogP contribution in [0.3, 0.4) is 0 Å². The molecule has 94 valence electrons. The normalized spacial score (nSPS) is 10.4. The van der Waals surface area contributed by atoms with Crippen LogP contribution >= 0.6 is 27.5 Å². The second kappa shape index (κ2) is 5.12. The van der Waals surface area contributed by atoms with Crippen molar-refractivity contribution in [2.75, 3.05) is 5.73 Å². The van der Waals surface area contributed by atoms with Crippen molar-refractivity contribution in [3.63, 3.8) is 0 Å². The van der Waals surface area contributed by atoms with Gasteiger partial charge in [-0.2, -0.15) is 0 Å². The molecule has 0 saturated heterocycles. The zero-order chi connectivity index (χ0) is 13.3. The van der Waals surface area contributed by atoms with Crippen molar-refractivity contribution in [2.24, 2.45) is 0 Å². The van der Waals surface area contributed by atoms with Crippen LogP contribution < -0.4 is 10.5 Å². The van der Waals surface area contributed by atoms with Crippen LogP contribution in [0, 0.1) is 11.6 Å². The third-order valence-electron chi connectivity index (χ3n) is 2.17. The molecule has 2 rings (SSSR count). The van der Waals surface area contributed by atoms with Gasteiger partial charge in [0.25, 0.3) is 0 Å². The molecule has 0 amide bonds. The number of hydrogen-bond acceptors (Lipinski definition) is 2. The molecular weight excluding hydrogens is 327 g/mol. The third-order valence-corrected chi connectivity index (χ3v) is 3.07. The van der Waals surface area contributed by atoms with E-state index in [2.05, 4.69) is 15.9 Å². The molecule has 2 N–H and O–H groups in total. The molecule has 18 heavy (non-hydrogen) atoms. The Balaban J connectivity index is 2.34. The Hall–Kier alpha value is -1.33. The van der Waals surface area contributed by atoms with Gasteiger partial charge in [0.2, 0.25) is 0 Å². The molecule has 0 unspecified atom stereocenters. The van der Waals surface area contributed by atoms with Gasteiger partial charge in [0.15, 0.2) is 5.75 Å². The summed E-state index contributed by atoms with van der Waals surface area (Å²) in [6, 6.07) is 6.41. The molecular formula is C12H7BrClF2NO. The average Bonchev–Trinajstić information content (AvgIpc) is 2.31. The molecule has 2 aromatic carbocycles. The second-order valence-corrected chi connectivity index (χ2v) is 4.74. The van der Waals surface area contributed by atoms with Gasteiger partial charge in [-0.15, -0.1) is 0 Å². The number of ether oxygens (including phenoxy) is 1. The second-order valence-electron chi connectivity index (χ2n) is 3.48. The highest BCUT2D eigenvalue weighted by atomic mass is 79.9. The standard InChI is InChI=1S/C12H7BrClF2NO/c13-7-4-12(11(17)5-10(7)16)18-6-1-2-9(15)8(14)3-6/h1-5H,17H2. The maximum atomic E-state index is 13.2. The monoisotopic (exact) mass is 333 g/mol. The Morgan fingerprint density at radius 1 is 1.11 bits per heavy atom. The van der Waals surface area contributed by atoms with Crippen molar-refractivity contribution < 1.29 is 13.5 Å². The van der Waals surface area contributed by atoms with Crippen LogP contribution in [-0.2, 0) is 0 Å². The molecule has 0 aliphatic carbocycles. The summed E-state index contributed by atoms with van der Waals surface area (Å²) in [5.41, 5.74) is 5.75. The van der Waals surface area contributed by atoms with Crippen molar-refractivity contribution in [3.05, 3.63) is 51.5 Å². The van der Waals surface area contributed by atoms with E-state index >= 15 is 0 Å². The van der Waals surface area contributed by atoms with Crippen LogP contribution in [0.4, 0.5) is 14.5 Å². The van der Waals surface area contributed by atoms with E-state index in [4.69, 9.17) is 22.1 Å². The van der Waals surface area contributed by atoms with Crippen molar-refractivity contribution in [1.29, 1.82) is 0 Å². The first-order valence-corrected chi connectivity index (χ1v) is 6.02. The van der Waals surface area contributed by atoms with Gasteiger partial charge in [0, 0.05) is 18.2 Å². The van der Waals surface area contributed by atoms with E-state index in [1.54, 1.807) is 0 Å². The lowest BCUT2D eigenvalue weighted by atomic mass is 10.3. The minimum Gasteiger partial charge on any atom is -0.455 e. The van der Waals surface area contributed by atoms with Gasteiger partial charge in [0.1, 0.15) is 17.4 Å². The lowest BCUT2D eigenvalue weighted by Gasteiger charge is -2.09. The molecule has 0 aromatic heterocycles. The van der Waals surface area contributed by atoms with E-state index in [0.717, 1.165) is 6.07 Å². The molecule has 0 radical (unpaired) electrons. The van der Waals surface area contributed by atoms with Gasteiger partial charge in [-0.25, -0.2) is 8.78 Å². The van der Waals surface area contributed by atoms with Gasteiger partial charge in [-0.1, -0.05) is 11.6 Å². The average molecular weight is 335 g/mol. The van der Waals surface area contributed by atoms with Crippen LogP contribution in [0.1, 0.15) is 0 Å². The van der Waals surface area contributed by atoms with Crippen molar-refractivity contribution in [1.82, 2.24) is 0 Å². The van der Waals surface area contributed by atoms with E-state index in [0.29, 0.717) is 5.75 Å². The molecule has 0 atom stereocenters. The summed E-state index contributed by atoms with van der Waals surface area (Å²) in [6.45, 7) is 0. The Bertz CT molecular complexity index is 607. The van der Waals surface area contributed by atoms with Crippen LogP contribution in [0.25, 0.3) is 0 Å². The Kier molecular flexibility index (Phi) is 3.73. The van der Waals surface area contributed by atoms with Crippen LogP contribution in [-0.4, -0.2) is 0 Å². The quantitative estimate of drug-likeness (QED) is 0.804. The van der Waals surface area contributed by atoms with Crippen LogP contribution in [0.15, 0.2) is 34.8 Å².